The van der Waals surface area contributed by atoms with Crippen molar-refractivity contribution in [3.05, 3.63) is 83.7 Å². The van der Waals surface area contributed by atoms with E-state index in [2.05, 4.69) is 23.9 Å². The van der Waals surface area contributed by atoms with Crippen LogP contribution in [0, 0.1) is 0 Å². The third-order valence-electron chi connectivity index (χ3n) is 4.46. The van der Waals surface area contributed by atoms with Crippen LogP contribution in [0.25, 0.3) is 10.8 Å². The number of aryl methyl sites for hydroxylation is 1. The molecule has 0 aliphatic rings. The maximum atomic E-state index is 10.5. The van der Waals surface area contributed by atoms with E-state index in [1.165, 1.54) is 11.8 Å². The minimum Gasteiger partial charge on any atom is -0.550 e. The van der Waals surface area contributed by atoms with Crippen molar-refractivity contribution >= 4 is 34.8 Å². The van der Waals surface area contributed by atoms with Gasteiger partial charge in [-0.2, -0.15) is 0 Å². The maximum Gasteiger partial charge on any atom is 1.00 e. The monoisotopic (exact) mass is 472 g/mol. The molecule has 2 aromatic rings. The fourth-order valence-corrected chi connectivity index (χ4v) is 2.92. The van der Waals surface area contributed by atoms with Crippen molar-refractivity contribution < 1.29 is 39.5 Å². The number of fused-ring (bicyclic) bond motifs is 1. The normalized spacial score (nSPS) is 11.3. The Morgan fingerprint density at radius 2 is 1.74 bits per heavy atom. The Hall–Kier alpha value is -2.80. The molecule has 0 aromatic heterocycles. The molecule has 0 spiro atoms. The van der Waals surface area contributed by atoms with Crippen molar-refractivity contribution in [3.8, 4) is 0 Å². The summed E-state index contributed by atoms with van der Waals surface area (Å²) in [5.41, 5.74) is 21.1. The van der Waals surface area contributed by atoms with Crippen molar-refractivity contribution in [2.75, 3.05) is 11.5 Å². The van der Waals surface area contributed by atoms with E-state index in [1.807, 2.05) is 70.2 Å². The van der Waals surface area contributed by atoms with Gasteiger partial charge in [-0.25, -0.2) is 0 Å². The molecule has 0 saturated heterocycles. The van der Waals surface area contributed by atoms with E-state index in [1.54, 1.807) is 6.07 Å². The molecule has 34 heavy (non-hydrogen) atoms. The molecule has 0 aliphatic heterocycles. The number of carbonyl (C=O) groups excluding carboxylic acids is 1. The second kappa shape index (κ2) is 19.6. The van der Waals surface area contributed by atoms with Crippen LogP contribution in [0.2, 0.25) is 0 Å². The fourth-order valence-electron chi connectivity index (χ4n) is 2.92. The van der Waals surface area contributed by atoms with Gasteiger partial charge in [0.2, 0.25) is 0 Å². The zero-order valence-corrected chi connectivity index (χ0v) is 23.2. The number of allylic oxidation sites excluding steroid dienone is 6. The Morgan fingerprint density at radius 1 is 1.12 bits per heavy atom. The quantitative estimate of drug-likeness (QED) is 0.233. The number of benzene rings is 2. The topological polar surface area (TPSA) is 131 Å². The maximum absolute atomic E-state index is 10.5. The molecule has 2 rings (SSSR count). The molecule has 6 N–H and O–H groups in total. The van der Waals surface area contributed by atoms with Gasteiger partial charge in [-0.05, 0) is 68.5 Å². The van der Waals surface area contributed by atoms with Crippen LogP contribution in [-0.4, -0.2) is 12.7 Å². The van der Waals surface area contributed by atoms with Gasteiger partial charge in [-0.1, -0.05) is 62.4 Å². The van der Waals surface area contributed by atoms with Crippen molar-refractivity contribution in [2.45, 2.75) is 47.0 Å². The van der Waals surface area contributed by atoms with Gasteiger partial charge in [-0.15, -0.1) is 0 Å². The first-order valence-electron chi connectivity index (χ1n) is 10.9. The summed E-state index contributed by atoms with van der Waals surface area (Å²) in [7, 11) is 0. The van der Waals surface area contributed by atoms with E-state index >= 15 is 0 Å². The Morgan fingerprint density at radius 3 is 2.26 bits per heavy atom. The molecule has 0 fully saturated rings. The number of aliphatic imine (C=N–C) groups is 1. The number of carbonyl (C=O) groups is 1. The third kappa shape index (κ3) is 12.4. The second-order valence-electron chi connectivity index (χ2n) is 6.74. The van der Waals surface area contributed by atoms with Crippen molar-refractivity contribution in [1.82, 2.24) is 0 Å². The van der Waals surface area contributed by atoms with Crippen LogP contribution >= 0.6 is 0 Å². The van der Waals surface area contributed by atoms with Crippen LogP contribution in [0.15, 0.2) is 83.2 Å². The molecule has 0 radical (unpaired) electrons. The molecule has 0 saturated carbocycles. The molecule has 6 nitrogen and oxygen atoms in total. The fraction of sp³-hybridized carbons (Fsp3) is 0.259. The van der Waals surface area contributed by atoms with Crippen molar-refractivity contribution in [2.24, 2.45) is 10.7 Å². The number of hydrogen-bond donors (Lipinski definition) is 3. The van der Waals surface area contributed by atoms with Crippen LogP contribution in [0.3, 0.4) is 0 Å². The predicted octanol–water partition coefficient (Wildman–Crippen LogP) is 1.67. The van der Waals surface area contributed by atoms with E-state index in [-0.39, 0.29) is 36.0 Å². The molecule has 2 aromatic carbocycles. The van der Waals surface area contributed by atoms with Crippen LogP contribution < -0.4 is 51.9 Å². The van der Waals surface area contributed by atoms with E-state index in [4.69, 9.17) is 17.2 Å². The van der Waals surface area contributed by atoms with Gasteiger partial charge in [0.1, 0.15) is 0 Å². The van der Waals surface area contributed by atoms with E-state index in [9.17, 15) is 9.90 Å². The molecule has 0 amide bonds. The van der Waals surface area contributed by atoms with Gasteiger partial charge in [-0.3, -0.25) is 4.99 Å². The average molecular weight is 473 g/mol. The van der Waals surface area contributed by atoms with Gasteiger partial charge < -0.3 is 27.1 Å². The van der Waals surface area contributed by atoms with E-state index < -0.39 is 5.97 Å². The second-order valence-corrected chi connectivity index (χ2v) is 6.74. The van der Waals surface area contributed by atoms with E-state index in [0.717, 1.165) is 22.8 Å². The van der Waals surface area contributed by atoms with E-state index in [0.29, 0.717) is 23.5 Å². The number of hydrogen-bond acceptors (Lipinski definition) is 6. The SMILES string of the molecule is C=N/C=C(N)\C=C/CC(/C=C\C)=C/C.CC.Nc1cc(CCC(=O)[O-])c2ccccc2c1N.[Na+]. The Balaban J connectivity index is 0. The number of aliphatic carboxylic acids is 1. The first-order valence-corrected chi connectivity index (χ1v) is 10.9. The molecule has 0 aliphatic carbocycles. The van der Waals surface area contributed by atoms with Crippen molar-refractivity contribution in [1.29, 1.82) is 0 Å². The molecule has 0 bridgehead atoms. The summed E-state index contributed by atoms with van der Waals surface area (Å²) < 4.78 is 0. The summed E-state index contributed by atoms with van der Waals surface area (Å²) in [5.74, 6) is -1.07. The number of nitrogen functional groups attached to an aromatic ring is 2. The Kier molecular flexibility index (Phi) is 19.3. The van der Waals surface area contributed by atoms with Crippen LogP contribution in [0.1, 0.15) is 46.1 Å². The standard InChI is InChI=1S/C13H14N2O2.C12H18N2.C2H6.Na/c14-11-7-8(5-6-12(16)17)9-3-1-2-4-10(9)13(11)15;1-4-7-11(5-2)8-6-9-12(13)10-14-3;1-2;/h1-4,7H,5-6,14-15H2,(H,16,17);4-7,9-10H,3,8,13H2,1-2H3;1-2H3;/q;;;+1/p-1/b;7-4-,9-6-,11-5+,12-10+;;. The molecule has 7 heteroatoms. The number of anilines is 2. The molecule has 178 valence electrons. The Labute approximate surface area is 226 Å². The summed E-state index contributed by atoms with van der Waals surface area (Å²) in [5, 5.41) is 12.3. The van der Waals surface area contributed by atoms with Gasteiger partial charge in [0.05, 0.1) is 11.4 Å². The first kappa shape index (κ1) is 33.4. The summed E-state index contributed by atoms with van der Waals surface area (Å²) in [4.78, 5) is 14.1. The number of rotatable bonds is 8. The minimum atomic E-state index is -1.07. The number of nitrogens with two attached hydrogens (primary N) is 3. The molecule has 0 atom stereocenters. The van der Waals surface area contributed by atoms with Gasteiger partial charge in [0.25, 0.3) is 0 Å². The minimum absolute atomic E-state index is 0. The zero-order valence-electron chi connectivity index (χ0n) is 21.2. The third-order valence-corrected chi connectivity index (χ3v) is 4.46. The Bertz CT molecular complexity index is 1020. The molecule has 0 heterocycles. The van der Waals surface area contributed by atoms with Gasteiger partial charge in [0, 0.05) is 23.3 Å². The smallest absolute Gasteiger partial charge is 0.550 e. The van der Waals surface area contributed by atoms with Crippen molar-refractivity contribution in [3.63, 3.8) is 0 Å². The van der Waals surface area contributed by atoms with Crippen LogP contribution in [-0.2, 0) is 11.2 Å². The van der Waals surface area contributed by atoms with Crippen LogP contribution in [0.4, 0.5) is 11.4 Å². The van der Waals surface area contributed by atoms with Gasteiger partial charge in [0.15, 0.2) is 0 Å². The predicted molar refractivity (Wildman–Crippen MR) is 142 cm³/mol. The summed E-state index contributed by atoms with van der Waals surface area (Å²) in [6, 6.07) is 9.29. The molecular weight excluding hydrogens is 435 g/mol. The summed E-state index contributed by atoms with van der Waals surface area (Å²) >= 11 is 0. The first-order chi connectivity index (χ1) is 15.8. The molecule has 0 unspecified atom stereocenters. The average Bonchev–Trinajstić information content (AvgIpc) is 2.82. The zero-order chi connectivity index (χ0) is 25.2. The van der Waals surface area contributed by atoms with Gasteiger partial charge >= 0.3 is 29.6 Å². The summed E-state index contributed by atoms with van der Waals surface area (Å²) in [6.07, 6.45) is 12.8. The van der Waals surface area contributed by atoms with Crippen LogP contribution in [0.5, 0.6) is 0 Å². The summed E-state index contributed by atoms with van der Waals surface area (Å²) in [6.45, 7) is 11.4. The largest absolute Gasteiger partial charge is 1.00 e. The molecular formula is C27H37N4NaO2. The number of nitrogens with zero attached hydrogens (tertiary/aromatic N) is 1. The number of carboxylic acids is 1. The number of carboxylic acid groups (broad SMARTS) is 1.